The first-order valence-corrected chi connectivity index (χ1v) is 6.97. The second-order valence-corrected chi connectivity index (χ2v) is 5.43. The van der Waals surface area contributed by atoms with Crippen LogP contribution in [0.25, 0.3) is 0 Å². The Morgan fingerprint density at radius 2 is 1.40 bits per heavy atom. The second-order valence-electron chi connectivity index (χ2n) is 4.13. The molecule has 5 heteroatoms. The Balaban J connectivity index is 1.82. The second kappa shape index (κ2) is 5.46. The molecule has 0 fully saturated rings. The number of oxime groups is 1. The monoisotopic (exact) mass is 287 g/mol. The minimum atomic E-state index is -1.31. The summed E-state index contributed by atoms with van der Waals surface area (Å²) in [5, 5.41) is 3.35. The van der Waals surface area contributed by atoms with Gasteiger partial charge in [0.15, 0.2) is 0 Å². The normalized spacial score (nSPS) is 16.1. The lowest BCUT2D eigenvalue weighted by molar-refractivity contribution is -0.226. The van der Waals surface area contributed by atoms with Crippen molar-refractivity contribution in [3.05, 3.63) is 60.7 Å². The molecule has 1 aliphatic rings. The van der Waals surface area contributed by atoms with Crippen molar-refractivity contribution in [1.29, 1.82) is 0 Å². The van der Waals surface area contributed by atoms with E-state index in [1.165, 1.54) is 11.8 Å². The van der Waals surface area contributed by atoms with Gasteiger partial charge in [-0.15, -0.1) is 0 Å². The summed E-state index contributed by atoms with van der Waals surface area (Å²) in [5.41, 5.74) is 0. The third-order valence-electron chi connectivity index (χ3n) is 2.53. The number of ether oxygens (including phenoxy) is 2. The highest BCUT2D eigenvalue weighted by Crippen LogP contribution is 2.38. The molecule has 4 nitrogen and oxygen atoms in total. The molecule has 0 saturated heterocycles. The van der Waals surface area contributed by atoms with Crippen molar-refractivity contribution >= 4 is 16.8 Å². The van der Waals surface area contributed by atoms with Crippen LogP contribution in [0.3, 0.4) is 0 Å². The fraction of sp³-hybridized carbons (Fsp3) is 0.133. The first-order chi connectivity index (χ1) is 9.76. The molecule has 1 aliphatic heterocycles. The zero-order chi connectivity index (χ0) is 13.8. The van der Waals surface area contributed by atoms with Gasteiger partial charge in [0.1, 0.15) is 16.5 Å². The lowest BCUT2D eigenvalue weighted by Crippen LogP contribution is -2.38. The summed E-state index contributed by atoms with van der Waals surface area (Å²) >= 11 is 1.29. The molecular weight excluding hydrogens is 274 g/mol. The van der Waals surface area contributed by atoms with Crippen molar-refractivity contribution in [1.82, 2.24) is 0 Å². The van der Waals surface area contributed by atoms with Gasteiger partial charge in [0.2, 0.25) is 0 Å². The summed E-state index contributed by atoms with van der Waals surface area (Å²) in [6.07, 6.45) is 0. The molecule has 0 unspecified atom stereocenters. The molecule has 0 aliphatic carbocycles. The molecule has 0 bridgehead atoms. The van der Waals surface area contributed by atoms with E-state index in [1.54, 1.807) is 0 Å². The fourth-order valence-corrected chi connectivity index (χ4v) is 2.49. The van der Waals surface area contributed by atoms with Crippen LogP contribution in [-0.2, 0) is 4.84 Å². The maximum atomic E-state index is 5.84. The maximum Gasteiger partial charge on any atom is 0.500 e. The Labute approximate surface area is 121 Å². The summed E-state index contributed by atoms with van der Waals surface area (Å²) in [4.78, 5) is 5.37. The van der Waals surface area contributed by atoms with Crippen molar-refractivity contribution in [3.8, 4) is 11.5 Å². The Kier molecular flexibility index (Phi) is 3.52. The number of para-hydroxylation sites is 2. The number of nitrogens with zero attached hydrogens (tertiary/aromatic N) is 1. The quantitative estimate of drug-likeness (QED) is 0.801. The van der Waals surface area contributed by atoms with E-state index >= 15 is 0 Å². The van der Waals surface area contributed by atoms with Crippen molar-refractivity contribution in [2.45, 2.75) is 12.2 Å². The largest absolute Gasteiger partial charge is 0.500 e. The molecule has 0 spiro atoms. The maximum absolute atomic E-state index is 5.84. The van der Waals surface area contributed by atoms with Crippen LogP contribution >= 0.6 is 11.8 Å². The summed E-state index contributed by atoms with van der Waals surface area (Å²) in [5.74, 6) is 1.31. The van der Waals surface area contributed by atoms with E-state index in [2.05, 4.69) is 5.16 Å². The molecule has 0 aromatic heterocycles. The molecule has 0 saturated carbocycles. The lowest BCUT2D eigenvalue weighted by Gasteiger charge is -2.25. The number of thioether (sulfide) groups is 1. The average molecular weight is 287 g/mol. The Bertz CT molecular complexity index is 560. The van der Waals surface area contributed by atoms with Gasteiger partial charge in [-0.25, -0.2) is 0 Å². The number of hydrogen-bond acceptors (Lipinski definition) is 5. The van der Waals surface area contributed by atoms with Crippen LogP contribution in [0.4, 0.5) is 0 Å². The average Bonchev–Trinajstić information content (AvgIpc) is 2.82. The van der Waals surface area contributed by atoms with Gasteiger partial charge in [0.05, 0.1) is 0 Å². The van der Waals surface area contributed by atoms with Gasteiger partial charge in [-0.2, -0.15) is 0 Å². The minimum absolute atomic E-state index is 0.654. The molecule has 1 heterocycles. The van der Waals surface area contributed by atoms with Gasteiger partial charge in [-0.05, 0) is 31.2 Å². The van der Waals surface area contributed by atoms with E-state index < -0.39 is 5.31 Å². The van der Waals surface area contributed by atoms with Gasteiger partial charge in [0.25, 0.3) is 0 Å². The zero-order valence-electron chi connectivity index (χ0n) is 10.9. The van der Waals surface area contributed by atoms with Crippen LogP contribution in [0.2, 0.25) is 0 Å². The summed E-state index contributed by atoms with van der Waals surface area (Å²) in [6.45, 7) is 1.84. The van der Waals surface area contributed by atoms with Crippen LogP contribution < -0.4 is 9.47 Å². The summed E-state index contributed by atoms with van der Waals surface area (Å²) in [7, 11) is 0. The standard InChI is InChI=1S/C15H13NO3S/c1-12-16-19-15(20-12,17-13-8-4-2-5-9-13)18-14-10-6-3-7-11-14/h2-11H,1H3. The highest BCUT2D eigenvalue weighted by Gasteiger charge is 2.45. The predicted molar refractivity (Wildman–Crippen MR) is 78.7 cm³/mol. The third kappa shape index (κ3) is 2.88. The smallest absolute Gasteiger partial charge is 0.410 e. The van der Waals surface area contributed by atoms with E-state index in [9.17, 15) is 0 Å². The molecule has 0 N–H and O–H groups in total. The van der Waals surface area contributed by atoms with Crippen LogP contribution in [0, 0.1) is 0 Å². The molecule has 2 aromatic carbocycles. The lowest BCUT2D eigenvalue weighted by atomic mass is 10.3. The van der Waals surface area contributed by atoms with Gasteiger partial charge >= 0.3 is 5.31 Å². The summed E-state index contributed by atoms with van der Waals surface area (Å²) in [6, 6.07) is 18.8. The van der Waals surface area contributed by atoms with Crippen LogP contribution in [0.5, 0.6) is 11.5 Å². The SMILES string of the molecule is CC1=NOC(Oc2ccccc2)(Oc2ccccc2)S1. The van der Waals surface area contributed by atoms with Crippen molar-refractivity contribution < 1.29 is 14.3 Å². The van der Waals surface area contributed by atoms with Gasteiger partial charge < -0.3 is 9.47 Å². The number of benzene rings is 2. The van der Waals surface area contributed by atoms with Crippen molar-refractivity contribution in [3.63, 3.8) is 0 Å². The van der Waals surface area contributed by atoms with Crippen molar-refractivity contribution in [2.75, 3.05) is 0 Å². The Morgan fingerprint density at radius 3 is 1.80 bits per heavy atom. The highest BCUT2D eigenvalue weighted by molar-refractivity contribution is 8.14. The molecule has 20 heavy (non-hydrogen) atoms. The fourth-order valence-electron chi connectivity index (χ4n) is 1.70. The first kappa shape index (κ1) is 12.9. The summed E-state index contributed by atoms with van der Waals surface area (Å²) < 4.78 is 11.7. The third-order valence-corrected chi connectivity index (χ3v) is 3.39. The van der Waals surface area contributed by atoms with E-state index in [0.717, 1.165) is 5.04 Å². The molecule has 0 atom stereocenters. The first-order valence-electron chi connectivity index (χ1n) is 6.16. The topological polar surface area (TPSA) is 40.0 Å². The molecule has 0 radical (unpaired) electrons. The zero-order valence-corrected chi connectivity index (χ0v) is 11.7. The van der Waals surface area contributed by atoms with E-state index in [1.807, 2.05) is 67.6 Å². The Hall–Kier alpha value is -2.14. The molecular formula is C15H13NO3S. The van der Waals surface area contributed by atoms with Gasteiger partial charge in [-0.1, -0.05) is 41.6 Å². The number of hydrogen-bond donors (Lipinski definition) is 0. The number of rotatable bonds is 4. The van der Waals surface area contributed by atoms with E-state index in [4.69, 9.17) is 14.3 Å². The van der Waals surface area contributed by atoms with Gasteiger partial charge in [0, 0.05) is 11.8 Å². The van der Waals surface area contributed by atoms with Crippen LogP contribution in [0.1, 0.15) is 6.92 Å². The highest BCUT2D eigenvalue weighted by atomic mass is 32.2. The van der Waals surface area contributed by atoms with E-state index in [0.29, 0.717) is 11.5 Å². The van der Waals surface area contributed by atoms with Gasteiger partial charge in [-0.3, -0.25) is 4.84 Å². The van der Waals surface area contributed by atoms with Crippen molar-refractivity contribution in [2.24, 2.45) is 5.16 Å². The predicted octanol–water partition coefficient (Wildman–Crippen LogP) is 3.85. The molecule has 102 valence electrons. The minimum Gasteiger partial charge on any atom is -0.410 e. The van der Waals surface area contributed by atoms with Crippen LogP contribution in [0.15, 0.2) is 65.8 Å². The molecule has 2 aromatic rings. The van der Waals surface area contributed by atoms with E-state index in [-0.39, 0.29) is 0 Å². The Morgan fingerprint density at radius 1 is 0.900 bits per heavy atom. The van der Waals surface area contributed by atoms with Crippen LogP contribution in [-0.4, -0.2) is 10.3 Å². The molecule has 3 rings (SSSR count). The molecule has 0 amide bonds.